The summed E-state index contributed by atoms with van der Waals surface area (Å²) in [7, 11) is 0. The largest absolute Gasteiger partial charge is 0.324 e. The predicted octanol–water partition coefficient (Wildman–Crippen LogP) is 4.03. The van der Waals surface area contributed by atoms with Gasteiger partial charge in [-0.25, -0.2) is 4.39 Å². The molecule has 18 heavy (non-hydrogen) atoms. The summed E-state index contributed by atoms with van der Waals surface area (Å²) in [6.45, 7) is 1.95. The fraction of sp³-hybridized carbons (Fsp3) is 0.200. The lowest BCUT2D eigenvalue weighted by Gasteiger charge is -2.13. The molecule has 2 aromatic carbocycles. The molecule has 1 atom stereocenters. The third kappa shape index (κ3) is 3.09. The van der Waals surface area contributed by atoms with E-state index < -0.39 is 0 Å². The van der Waals surface area contributed by atoms with E-state index in [1.54, 1.807) is 6.07 Å². The molecule has 3 heteroatoms. The summed E-state index contributed by atoms with van der Waals surface area (Å²) in [5, 5.41) is 0.733. The highest BCUT2D eigenvalue weighted by Gasteiger charge is 2.09. The first kappa shape index (κ1) is 13.1. The number of benzene rings is 2. The summed E-state index contributed by atoms with van der Waals surface area (Å²) in [5.41, 5.74) is 9.05. The summed E-state index contributed by atoms with van der Waals surface area (Å²) in [4.78, 5) is 0. The number of halogens is 2. The van der Waals surface area contributed by atoms with Gasteiger partial charge in [-0.05, 0) is 48.2 Å². The van der Waals surface area contributed by atoms with Gasteiger partial charge in [0.15, 0.2) is 0 Å². The van der Waals surface area contributed by atoms with E-state index in [2.05, 4.69) is 0 Å². The molecule has 0 heterocycles. The third-order valence-electron chi connectivity index (χ3n) is 2.95. The zero-order valence-corrected chi connectivity index (χ0v) is 10.9. The lowest BCUT2D eigenvalue weighted by Crippen LogP contribution is -2.13. The maximum Gasteiger partial charge on any atom is 0.123 e. The van der Waals surface area contributed by atoms with Crippen LogP contribution >= 0.6 is 11.6 Å². The fourth-order valence-electron chi connectivity index (χ4n) is 1.93. The van der Waals surface area contributed by atoms with E-state index >= 15 is 0 Å². The first-order valence-corrected chi connectivity index (χ1v) is 6.20. The van der Waals surface area contributed by atoms with Crippen molar-refractivity contribution in [2.24, 2.45) is 5.73 Å². The molecule has 1 unspecified atom stereocenters. The highest BCUT2D eigenvalue weighted by molar-refractivity contribution is 6.31. The van der Waals surface area contributed by atoms with Gasteiger partial charge in [0.25, 0.3) is 0 Å². The zero-order valence-electron chi connectivity index (χ0n) is 10.2. The van der Waals surface area contributed by atoms with Gasteiger partial charge in [0.2, 0.25) is 0 Å². The van der Waals surface area contributed by atoms with E-state index in [-0.39, 0.29) is 11.9 Å². The lowest BCUT2D eigenvalue weighted by atomic mass is 9.98. The van der Waals surface area contributed by atoms with Crippen LogP contribution in [0.2, 0.25) is 5.02 Å². The Bertz CT molecular complexity index is 554. The maximum absolute atomic E-state index is 13.1. The van der Waals surface area contributed by atoms with Crippen LogP contribution in [0.3, 0.4) is 0 Å². The van der Waals surface area contributed by atoms with Gasteiger partial charge in [-0.2, -0.15) is 0 Å². The molecule has 0 aromatic heterocycles. The smallest absolute Gasteiger partial charge is 0.123 e. The van der Waals surface area contributed by atoms with Crippen LogP contribution in [0.4, 0.5) is 4.39 Å². The van der Waals surface area contributed by atoms with Crippen molar-refractivity contribution in [2.45, 2.75) is 19.4 Å². The van der Waals surface area contributed by atoms with Gasteiger partial charge in [0.1, 0.15) is 5.82 Å². The minimum absolute atomic E-state index is 0.150. The van der Waals surface area contributed by atoms with E-state index in [1.165, 1.54) is 12.1 Å². The van der Waals surface area contributed by atoms with Crippen molar-refractivity contribution in [3.05, 3.63) is 70.0 Å². The quantitative estimate of drug-likeness (QED) is 0.889. The average molecular weight is 264 g/mol. The second-order valence-electron chi connectivity index (χ2n) is 4.45. The minimum atomic E-state index is -0.230. The van der Waals surface area contributed by atoms with Crippen LogP contribution in [-0.4, -0.2) is 0 Å². The molecule has 0 aliphatic carbocycles. The van der Waals surface area contributed by atoms with E-state index in [4.69, 9.17) is 17.3 Å². The van der Waals surface area contributed by atoms with Crippen molar-refractivity contribution >= 4 is 11.6 Å². The molecule has 94 valence electrons. The Morgan fingerprint density at radius 1 is 1.22 bits per heavy atom. The average Bonchev–Trinajstić information content (AvgIpc) is 2.32. The topological polar surface area (TPSA) is 26.0 Å². The summed E-state index contributed by atoms with van der Waals surface area (Å²) < 4.78 is 13.1. The van der Waals surface area contributed by atoms with Crippen molar-refractivity contribution in [1.82, 2.24) is 0 Å². The van der Waals surface area contributed by atoms with Crippen LogP contribution < -0.4 is 5.73 Å². The second kappa shape index (κ2) is 5.51. The van der Waals surface area contributed by atoms with Gasteiger partial charge in [-0.3, -0.25) is 0 Å². The first-order valence-electron chi connectivity index (χ1n) is 5.82. The lowest BCUT2D eigenvalue weighted by molar-refractivity contribution is 0.622. The molecule has 0 saturated carbocycles. The predicted molar refractivity (Wildman–Crippen MR) is 73.2 cm³/mol. The molecule has 0 radical (unpaired) electrons. The molecule has 0 fully saturated rings. The molecule has 0 saturated heterocycles. The van der Waals surface area contributed by atoms with E-state index in [9.17, 15) is 4.39 Å². The number of hydrogen-bond donors (Lipinski definition) is 1. The Balaban J connectivity index is 2.16. The van der Waals surface area contributed by atoms with Crippen LogP contribution in [0.5, 0.6) is 0 Å². The first-order chi connectivity index (χ1) is 8.56. The molecule has 0 spiro atoms. The Kier molecular flexibility index (Phi) is 4.00. The van der Waals surface area contributed by atoms with Crippen LogP contribution in [0.1, 0.15) is 22.7 Å². The van der Waals surface area contributed by atoms with Crippen molar-refractivity contribution < 1.29 is 4.39 Å². The molecule has 0 aliphatic heterocycles. The van der Waals surface area contributed by atoms with Crippen LogP contribution in [0, 0.1) is 12.7 Å². The summed E-state index contributed by atoms with van der Waals surface area (Å²) in [6, 6.07) is 12.1. The molecule has 0 bridgehead atoms. The van der Waals surface area contributed by atoms with E-state index in [0.717, 1.165) is 21.7 Å². The monoisotopic (exact) mass is 263 g/mol. The Morgan fingerprint density at radius 3 is 2.67 bits per heavy atom. The molecule has 1 nitrogen and oxygen atoms in total. The van der Waals surface area contributed by atoms with Crippen LogP contribution in [0.25, 0.3) is 0 Å². The maximum atomic E-state index is 13.1. The van der Waals surface area contributed by atoms with Gasteiger partial charge in [0.05, 0.1) is 0 Å². The number of aryl methyl sites for hydroxylation is 1. The summed E-state index contributed by atoms with van der Waals surface area (Å²) in [6.07, 6.45) is 0.610. The number of hydrogen-bond acceptors (Lipinski definition) is 1. The Labute approximate surface area is 111 Å². The van der Waals surface area contributed by atoms with Crippen LogP contribution in [-0.2, 0) is 6.42 Å². The molecular weight excluding hydrogens is 249 g/mol. The zero-order chi connectivity index (χ0) is 13.1. The Hall–Kier alpha value is -1.38. The second-order valence-corrected chi connectivity index (χ2v) is 4.86. The normalized spacial score (nSPS) is 12.4. The number of nitrogens with two attached hydrogens (primary N) is 1. The van der Waals surface area contributed by atoms with Crippen molar-refractivity contribution in [1.29, 1.82) is 0 Å². The highest BCUT2D eigenvalue weighted by Crippen LogP contribution is 2.22. The summed E-state index contributed by atoms with van der Waals surface area (Å²) >= 11 is 5.98. The molecule has 2 rings (SSSR count). The highest BCUT2D eigenvalue weighted by atomic mass is 35.5. The summed E-state index contributed by atoms with van der Waals surface area (Å²) in [5.74, 6) is -0.230. The minimum Gasteiger partial charge on any atom is -0.324 e. The van der Waals surface area contributed by atoms with Gasteiger partial charge in [-0.1, -0.05) is 35.9 Å². The van der Waals surface area contributed by atoms with Gasteiger partial charge in [0, 0.05) is 11.1 Å². The van der Waals surface area contributed by atoms with Crippen molar-refractivity contribution in [3.8, 4) is 0 Å². The van der Waals surface area contributed by atoms with Gasteiger partial charge < -0.3 is 5.73 Å². The Morgan fingerprint density at radius 2 is 2.00 bits per heavy atom. The molecular formula is C15H15ClFN. The molecule has 2 N–H and O–H groups in total. The number of rotatable bonds is 3. The molecule has 2 aromatic rings. The van der Waals surface area contributed by atoms with Gasteiger partial charge in [-0.15, -0.1) is 0 Å². The standard InChI is InChI=1S/C15H15ClFN/c1-10-7-12(5-6-14(10)16)15(18)9-11-3-2-4-13(17)8-11/h2-8,15H,9,18H2,1H3. The van der Waals surface area contributed by atoms with E-state index in [1.807, 2.05) is 31.2 Å². The van der Waals surface area contributed by atoms with Crippen LogP contribution in [0.15, 0.2) is 42.5 Å². The molecule has 0 amide bonds. The SMILES string of the molecule is Cc1cc(C(N)Cc2cccc(F)c2)ccc1Cl. The molecule has 0 aliphatic rings. The van der Waals surface area contributed by atoms with Crippen molar-refractivity contribution in [3.63, 3.8) is 0 Å². The van der Waals surface area contributed by atoms with E-state index in [0.29, 0.717) is 6.42 Å². The van der Waals surface area contributed by atoms with Crippen molar-refractivity contribution in [2.75, 3.05) is 0 Å². The fourth-order valence-corrected chi connectivity index (χ4v) is 2.05. The van der Waals surface area contributed by atoms with Gasteiger partial charge >= 0.3 is 0 Å². The third-order valence-corrected chi connectivity index (χ3v) is 3.38.